The lowest BCUT2D eigenvalue weighted by atomic mass is 9.72. The summed E-state index contributed by atoms with van der Waals surface area (Å²) in [4.78, 5) is 39.5. The van der Waals surface area contributed by atoms with E-state index >= 15 is 0 Å². The third kappa shape index (κ3) is 4.29. The number of benzene rings is 3. The minimum atomic E-state index is -0.313. The van der Waals surface area contributed by atoms with E-state index in [1.165, 1.54) is 17.3 Å². The molecule has 0 aliphatic heterocycles. The lowest BCUT2D eigenvalue weighted by Crippen LogP contribution is -2.35. The second-order valence-corrected chi connectivity index (χ2v) is 11.0. The summed E-state index contributed by atoms with van der Waals surface area (Å²) in [6, 6.07) is 25.4. The first-order valence-corrected chi connectivity index (χ1v) is 13.3. The number of thioether (sulfide) groups is 1. The Morgan fingerprint density at radius 1 is 0.919 bits per heavy atom. The molecule has 1 aliphatic rings. The Kier molecular flexibility index (Phi) is 5.80. The normalized spacial score (nSPS) is 13.8. The van der Waals surface area contributed by atoms with E-state index in [1.54, 1.807) is 4.57 Å². The summed E-state index contributed by atoms with van der Waals surface area (Å²) in [6.45, 7) is 4.60. The van der Waals surface area contributed by atoms with E-state index in [0.29, 0.717) is 34.2 Å². The van der Waals surface area contributed by atoms with Gasteiger partial charge in [0.1, 0.15) is 5.82 Å². The number of rotatable bonds is 5. The Morgan fingerprint density at radius 2 is 1.65 bits per heavy atom. The molecule has 1 N–H and O–H groups in total. The standard InChI is InChI=1S/C30H26N4O2S/c1-30(2)16-20-12-6-7-13-21(20)26-25(30)27(35)33-24(32-26)18-37-29-31-23-15-9-8-14-22(23)28(36)34(29)17-19-10-4-3-5-11-19/h3-15H,16-18H2,1-2H3,(H,32,33,35). The van der Waals surface area contributed by atoms with Crippen LogP contribution in [0.3, 0.4) is 0 Å². The van der Waals surface area contributed by atoms with Gasteiger partial charge in [-0.1, -0.05) is 92.3 Å². The molecule has 0 saturated carbocycles. The molecule has 0 amide bonds. The van der Waals surface area contributed by atoms with Gasteiger partial charge in [0.15, 0.2) is 5.16 Å². The maximum atomic E-state index is 13.5. The van der Waals surface area contributed by atoms with Gasteiger partial charge in [-0.25, -0.2) is 9.97 Å². The SMILES string of the molecule is CC1(C)Cc2ccccc2-c2nc(CSc3nc4ccccc4c(=O)n3Cc3ccccc3)[nH]c(=O)c21. The van der Waals surface area contributed by atoms with E-state index in [1.807, 2.05) is 72.8 Å². The van der Waals surface area contributed by atoms with Crippen LogP contribution in [0.2, 0.25) is 0 Å². The number of fused-ring (bicyclic) bond motifs is 4. The smallest absolute Gasteiger partial charge is 0.262 e. The van der Waals surface area contributed by atoms with Gasteiger partial charge in [0.25, 0.3) is 11.1 Å². The first kappa shape index (κ1) is 23.4. The van der Waals surface area contributed by atoms with Crippen molar-refractivity contribution < 1.29 is 0 Å². The number of aromatic nitrogens is 4. The Morgan fingerprint density at radius 3 is 2.49 bits per heavy atom. The summed E-state index contributed by atoms with van der Waals surface area (Å²) in [5.41, 5.74) is 4.86. The predicted octanol–water partition coefficient (Wildman–Crippen LogP) is 5.32. The number of nitrogens with one attached hydrogen (secondary N) is 1. The van der Waals surface area contributed by atoms with Crippen LogP contribution in [0.4, 0.5) is 0 Å². The van der Waals surface area contributed by atoms with Crippen molar-refractivity contribution in [2.45, 2.75) is 43.1 Å². The van der Waals surface area contributed by atoms with E-state index in [4.69, 9.17) is 9.97 Å². The van der Waals surface area contributed by atoms with Gasteiger partial charge < -0.3 is 4.98 Å². The first-order valence-electron chi connectivity index (χ1n) is 12.3. The van der Waals surface area contributed by atoms with Crippen molar-refractivity contribution in [1.29, 1.82) is 0 Å². The molecule has 2 aromatic heterocycles. The van der Waals surface area contributed by atoms with E-state index in [2.05, 4.69) is 24.9 Å². The maximum Gasteiger partial charge on any atom is 0.262 e. The Hall–Kier alpha value is -3.97. The van der Waals surface area contributed by atoms with Crippen LogP contribution < -0.4 is 11.1 Å². The van der Waals surface area contributed by atoms with Crippen molar-refractivity contribution in [1.82, 2.24) is 19.5 Å². The third-order valence-corrected chi connectivity index (χ3v) is 7.89. The van der Waals surface area contributed by atoms with E-state index in [9.17, 15) is 9.59 Å². The summed E-state index contributed by atoms with van der Waals surface area (Å²) in [5, 5.41) is 1.18. The van der Waals surface area contributed by atoms with E-state index in [0.717, 1.165) is 28.8 Å². The van der Waals surface area contributed by atoms with Gasteiger partial charge in [-0.3, -0.25) is 14.2 Å². The van der Waals surface area contributed by atoms with Crippen LogP contribution in [-0.2, 0) is 24.1 Å². The van der Waals surface area contributed by atoms with Gasteiger partial charge in [0.05, 0.1) is 28.9 Å². The van der Waals surface area contributed by atoms with E-state index in [-0.39, 0.29) is 16.5 Å². The average Bonchev–Trinajstić information content (AvgIpc) is 2.89. The van der Waals surface area contributed by atoms with Crippen LogP contribution in [-0.4, -0.2) is 19.5 Å². The lowest BCUT2D eigenvalue weighted by Gasteiger charge is -2.32. The summed E-state index contributed by atoms with van der Waals surface area (Å²) in [6.07, 6.45) is 0.793. The van der Waals surface area contributed by atoms with Gasteiger partial charge >= 0.3 is 0 Å². The summed E-state index contributed by atoms with van der Waals surface area (Å²) >= 11 is 1.41. The maximum absolute atomic E-state index is 13.5. The second kappa shape index (κ2) is 9.16. The Labute approximate surface area is 218 Å². The molecule has 6 rings (SSSR count). The molecule has 0 radical (unpaired) electrons. The molecule has 184 valence electrons. The zero-order chi connectivity index (χ0) is 25.6. The highest BCUT2D eigenvalue weighted by atomic mass is 32.2. The topological polar surface area (TPSA) is 80.6 Å². The molecular weight excluding hydrogens is 480 g/mol. The molecular formula is C30H26N4O2S. The highest BCUT2D eigenvalue weighted by molar-refractivity contribution is 7.98. The molecule has 0 fully saturated rings. The molecule has 7 heteroatoms. The molecule has 1 aliphatic carbocycles. The third-order valence-electron chi connectivity index (χ3n) is 6.90. The summed E-state index contributed by atoms with van der Waals surface area (Å²) in [7, 11) is 0. The molecule has 0 saturated heterocycles. The minimum absolute atomic E-state index is 0.0838. The fourth-order valence-electron chi connectivity index (χ4n) is 5.18. The molecule has 0 atom stereocenters. The van der Waals surface area contributed by atoms with Crippen molar-refractivity contribution in [2.75, 3.05) is 0 Å². The molecule has 2 heterocycles. The Bertz CT molecular complexity index is 1760. The lowest BCUT2D eigenvalue weighted by molar-refractivity contribution is 0.506. The zero-order valence-corrected chi connectivity index (χ0v) is 21.5. The highest BCUT2D eigenvalue weighted by Crippen LogP contribution is 2.40. The number of H-pyrrole nitrogens is 1. The average molecular weight is 507 g/mol. The first-order chi connectivity index (χ1) is 17.9. The van der Waals surface area contributed by atoms with Gasteiger partial charge in [-0.05, 0) is 29.7 Å². The van der Waals surface area contributed by atoms with Crippen LogP contribution in [0.25, 0.3) is 22.2 Å². The quantitative estimate of drug-likeness (QED) is 0.258. The van der Waals surface area contributed by atoms with Crippen molar-refractivity contribution in [2.24, 2.45) is 0 Å². The minimum Gasteiger partial charge on any atom is -0.310 e. The molecule has 5 aromatic rings. The van der Waals surface area contributed by atoms with Crippen molar-refractivity contribution >= 4 is 22.7 Å². The fourth-order valence-corrected chi connectivity index (χ4v) is 6.05. The van der Waals surface area contributed by atoms with Gasteiger partial charge in [0, 0.05) is 16.5 Å². The van der Waals surface area contributed by atoms with Gasteiger partial charge in [-0.15, -0.1) is 0 Å². The van der Waals surface area contributed by atoms with Crippen LogP contribution in [0.5, 0.6) is 0 Å². The van der Waals surface area contributed by atoms with E-state index < -0.39 is 0 Å². The second-order valence-electron chi connectivity index (χ2n) is 10.0. The van der Waals surface area contributed by atoms with Gasteiger partial charge in [0.2, 0.25) is 0 Å². The number of hydrogen-bond donors (Lipinski definition) is 1. The number of para-hydroxylation sites is 1. The predicted molar refractivity (Wildman–Crippen MR) is 148 cm³/mol. The van der Waals surface area contributed by atoms with Crippen LogP contribution >= 0.6 is 11.8 Å². The monoisotopic (exact) mass is 506 g/mol. The number of hydrogen-bond acceptors (Lipinski definition) is 5. The van der Waals surface area contributed by atoms with Crippen LogP contribution in [0.1, 0.15) is 36.4 Å². The van der Waals surface area contributed by atoms with Crippen LogP contribution in [0.15, 0.2) is 93.6 Å². The van der Waals surface area contributed by atoms with Crippen molar-refractivity contribution in [3.63, 3.8) is 0 Å². The number of nitrogens with zero attached hydrogens (tertiary/aromatic N) is 3. The molecule has 37 heavy (non-hydrogen) atoms. The van der Waals surface area contributed by atoms with Gasteiger partial charge in [-0.2, -0.15) is 0 Å². The summed E-state index contributed by atoms with van der Waals surface area (Å²) in [5.74, 6) is 0.944. The Balaban J connectivity index is 1.41. The zero-order valence-electron chi connectivity index (χ0n) is 20.7. The molecule has 6 nitrogen and oxygen atoms in total. The molecule has 0 spiro atoms. The summed E-state index contributed by atoms with van der Waals surface area (Å²) < 4.78 is 1.71. The fraction of sp³-hybridized carbons (Fsp3) is 0.200. The number of aromatic amines is 1. The molecule has 0 bridgehead atoms. The van der Waals surface area contributed by atoms with Crippen LogP contribution in [0, 0.1) is 0 Å². The molecule has 3 aromatic carbocycles. The largest absolute Gasteiger partial charge is 0.310 e. The van der Waals surface area contributed by atoms with Crippen molar-refractivity contribution in [3.05, 3.63) is 122 Å². The molecule has 0 unspecified atom stereocenters. The highest BCUT2D eigenvalue weighted by Gasteiger charge is 2.34. The van der Waals surface area contributed by atoms with Crippen molar-refractivity contribution in [3.8, 4) is 11.3 Å².